The lowest BCUT2D eigenvalue weighted by Crippen LogP contribution is -2.38. The van der Waals surface area contributed by atoms with Gasteiger partial charge in [-0.05, 0) is 49.2 Å². The Hall–Kier alpha value is -3.07. The van der Waals surface area contributed by atoms with Crippen molar-refractivity contribution < 1.29 is 23.4 Å². The van der Waals surface area contributed by atoms with Gasteiger partial charge in [0, 0.05) is 31.2 Å². The Morgan fingerprint density at radius 2 is 1.86 bits per heavy atom. The van der Waals surface area contributed by atoms with E-state index in [1.807, 2.05) is 25.1 Å². The summed E-state index contributed by atoms with van der Waals surface area (Å²) in [5.41, 5.74) is 1.17. The third-order valence-corrected chi connectivity index (χ3v) is 6.94. The molecule has 1 atom stereocenters. The number of morpholine rings is 1. The van der Waals surface area contributed by atoms with Gasteiger partial charge in [0.1, 0.15) is 5.58 Å². The number of carbonyl (C=O) groups excluding carboxylic acids is 1. The van der Waals surface area contributed by atoms with Crippen LogP contribution in [0.1, 0.15) is 41.1 Å². The van der Waals surface area contributed by atoms with Crippen molar-refractivity contribution in [3.63, 3.8) is 0 Å². The van der Waals surface area contributed by atoms with E-state index in [-0.39, 0.29) is 17.1 Å². The highest BCUT2D eigenvalue weighted by molar-refractivity contribution is 6.31. The normalized spacial score (nSPS) is 18.0. The lowest BCUT2D eigenvalue weighted by Gasteiger charge is -2.29. The molecule has 0 spiro atoms. The third kappa shape index (κ3) is 4.56. The molecule has 0 aliphatic carbocycles. The van der Waals surface area contributed by atoms with Crippen molar-refractivity contribution in [1.82, 2.24) is 9.80 Å². The summed E-state index contributed by atoms with van der Waals surface area (Å²) in [6, 6.07) is 9.76. The molecule has 1 amide bonds. The summed E-state index contributed by atoms with van der Waals surface area (Å²) < 4.78 is 22.7. The molecule has 0 radical (unpaired) electrons. The number of benzene rings is 2. The van der Waals surface area contributed by atoms with Crippen LogP contribution in [0, 0.1) is 0 Å². The van der Waals surface area contributed by atoms with Gasteiger partial charge in [-0.1, -0.05) is 17.7 Å². The van der Waals surface area contributed by atoms with Gasteiger partial charge in [0.2, 0.25) is 5.76 Å². The molecule has 1 saturated heterocycles. The van der Waals surface area contributed by atoms with Gasteiger partial charge < -0.3 is 23.5 Å². The molecule has 3 heterocycles. The summed E-state index contributed by atoms with van der Waals surface area (Å²) in [6.07, 6.45) is 0.754. The van der Waals surface area contributed by atoms with Crippen LogP contribution in [0.4, 0.5) is 0 Å². The molecule has 0 bridgehead atoms. The van der Waals surface area contributed by atoms with E-state index in [1.165, 1.54) is 0 Å². The van der Waals surface area contributed by atoms with Crippen LogP contribution in [0.5, 0.6) is 11.5 Å². The van der Waals surface area contributed by atoms with E-state index < -0.39 is 6.04 Å². The van der Waals surface area contributed by atoms with Crippen LogP contribution in [-0.2, 0) is 4.74 Å². The molecule has 0 unspecified atom stereocenters. The maximum absolute atomic E-state index is 13.7. The standard InChI is InChI=1S/C27H29ClN2O6/c1-3-35-21-7-5-17(15-22(21)33-2)24-23-25(31)19-16-18(28)6-8-20(19)36-26(23)27(32)30(24)10-4-9-29-11-13-34-14-12-29/h5-8,15-16,24H,3-4,9-14H2,1-2H3/t24-/m1/s1. The number of nitrogens with zero attached hydrogens (tertiary/aromatic N) is 2. The van der Waals surface area contributed by atoms with E-state index in [9.17, 15) is 9.59 Å². The maximum Gasteiger partial charge on any atom is 0.290 e. The predicted octanol–water partition coefficient (Wildman–Crippen LogP) is 4.12. The number of hydrogen-bond donors (Lipinski definition) is 0. The Labute approximate surface area is 214 Å². The van der Waals surface area contributed by atoms with Gasteiger partial charge in [0.25, 0.3) is 5.91 Å². The van der Waals surface area contributed by atoms with Crippen LogP contribution in [-0.4, -0.2) is 68.8 Å². The first kappa shape index (κ1) is 24.6. The van der Waals surface area contributed by atoms with E-state index in [2.05, 4.69) is 4.90 Å². The van der Waals surface area contributed by atoms with Crippen molar-refractivity contribution >= 4 is 28.5 Å². The topological polar surface area (TPSA) is 81.5 Å². The zero-order valence-electron chi connectivity index (χ0n) is 20.4. The summed E-state index contributed by atoms with van der Waals surface area (Å²) in [5, 5.41) is 0.785. The minimum absolute atomic E-state index is 0.0825. The number of methoxy groups -OCH3 is 1. The molecule has 1 fully saturated rings. The van der Waals surface area contributed by atoms with Crippen LogP contribution < -0.4 is 14.9 Å². The molecule has 3 aromatic rings. The van der Waals surface area contributed by atoms with Crippen molar-refractivity contribution in [3.8, 4) is 11.5 Å². The molecule has 190 valence electrons. The molecule has 1 aromatic heterocycles. The fourth-order valence-electron chi connectivity index (χ4n) is 4.99. The first-order chi connectivity index (χ1) is 17.5. The Bertz CT molecular complexity index is 1330. The maximum atomic E-state index is 13.7. The number of fused-ring (bicyclic) bond motifs is 2. The summed E-state index contributed by atoms with van der Waals surface area (Å²) in [5.74, 6) is 0.930. The van der Waals surface area contributed by atoms with Crippen LogP contribution in [0.2, 0.25) is 5.02 Å². The summed E-state index contributed by atoms with van der Waals surface area (Å²) >= 11 is 6.18. The molecule has 0 N–H and O–H groups in total. The first-order valence-electron chi connectivity index (χ1n) is 12.2. The van der Waals surface area contributed by atoms with Gasteiger partial charge in [0.05, 0.1) is 43.9 Å². The van der Waals surface area contributed by atoms with Crippen molar-refractivity contribution in [1.29, 1.82) is 0 Å². The highest BCUT2D eigenvalue weighted by atomic mass is 35.5. The Kier molecular flexibility index (Phi) is 7.18. The van der Waals surface area contributed by atoms with E-state index in [1.54, 1.807) is 30.2 Å². The molecule has 5 rings (SSSR count). The van der Waals surface area contributed by atoms with Gasteiger partial charge in [-0.3, -0.25) is 14.5 Å². The van der Waals surface area contributed by atoms with Crippen LogP contribution in [0.3, 0.4) is 0 Å². The van der Waals surface area contributed by atoms with Gasteiger partial charge in [0.15, 0.2) is 16.9 Å². The number of ether oxygens (including phenoxy) is 3. The highest BCUT2D eigenvalue weighted by Crippen LogP contribution is 2.41. The second-order valence-corrected chi connectivity index (χ2v) is 9.30. The molecular weight excluding hydrogens is 484 g/mol. The highest BCUT2D eigenvalue weighted by Gasteiger charge is 2.42. The smallest absolute Gasteiger partial charge is 0.290 e. The Morgan fingerprint density at radius 1 is 1.06 bits per heavy atom. The van der Waals surface area contributed by atoms with Gasteiger partial charge in [-0.15, -0.1) is 0 Å². The van der Waals surface area contributed by atoms with Crippen molar-refractivity contribution in [2.24, 2.45) is 0 Å². The molecule has 2 aliphatic heterocycles. The molecule has 0 saturated carbocycles. The van der Waals surface area contributed by atoms with Crippen LogP contribution >= 0.6 is 11.6 Å². The monoisotopic (exact) mass is 512 g/mol. The first-order valence-corrected chi connectivity index (χ1v) is 12.6. The largest absolute Gasteiger partial charge is 0.493 e. The molecule has 36 heavy (non-hydrogen) atoms. The molecular formula is C27H29ClN2O6. The lowest BCUT2D eigenvalue weighted by atomic mass is 9.98. The van der Waals surface area contributed by atoms with E-state index in [4.69, 9.17) is 30.2 Å². The quantitative estimate of drug-likeness (QED) is 0.449. The van der Waals surface area contributed by atoms with Crippen molar-refractivity contribution in [3.05, 3.63) is 68.5 Å². The van der Waals surface area contributed by atoms with E-state index in [0.717, 1.165) is 44.8 Å². The number of hydrogen-bond acceptors (Lipinski definition) is 7. The fraction of sp³-hybridized carbons (Fsp3) is 0.407. The number of rotatable bonds is 8. The summed E-state index contributed by atoms with van der Waals surface area (Å²) in [4.78, 5) is 31.4. The minimum atomic E-state index is -0.610. The number of carbonyl (C=O) groups is 1. The Morgan fingerprint density at radius 3 is 2.61 bits per heavy atom. The summed E-state index contributed by atoms with van der Waals surface area (Å²) in [6.45, 7) is 6.88. The van der Waals surface area contributed by atoms with E-state index in [0.29, 0.717) is 46.2 Å². The van der Waals surface area contributed by atoms with Crippen LogP contribution in [0.25, 0.3) is 11.0 Å². The van der Waals surface area contributed by atoms with Crippen LogP contribution in [0.15, 0.2) is 45.6 Å². The SMILES string of the molecule is CCOc1ccc([C@@H]2c3c(oc4ccc(Cl)cc4c3=O)C(=O)N2CCCN2CCOCC2)cc1OC. The third-order valence-electron chi connectivity index (χ3n) is 6.71. The van der Waals surface area contributed by atoms with Gasteiger partial charge >= 0.3 is 0 Å². The molecule has 2 aliphatic rings. The average molecular weight is 513 g/mol. The zero-order chi connectivity index (χ0) is 25.2. The molecule has 8 nitrogen and oxygen atoms in total. The minimum Gasteiger partial charge on any atom is -0.493 e. The lowest BCUT2D eigenvalue weighted by molar-refractivity contribution is 0.0353. The average Bonchev–Trinajstić information content (AvgIpc) is 3.17. The van der Waals surface area contributed by atoms with Gasteiger partial charge in [-0.25, -0.2) is 0 Å². The zero-order valence-corrected chi connectivity index (χ0v) is 21.2. The number of amides is 1. The molecule has 9 heteroatoms. The van der Waals surface area contributed by atoms with Crippen molar-refractivity contribution in [2.45, 2.75) is 19.4 Å². The summed E-state index contributed by atoms with van der Waals surface area (Å²) in [7, 11) is 1.57. The van der Waals surface area contributed by atoms with E-state index >= 15 is 0 Å². The number of halogens is 1. The van der Waals surface area contributed by atoms with Gasteiger partial charge in [-0.2, -0.15) is 0 Å². The predicted molar refractivity (Wildman–Crippen MR) is 136 cm³/mol. The second-order valence-electron chi connectivity index (χ2n) is 8.87. The van der Waals surface area contributed by atoms with Crippen molar-refractivity contribution in [2.75, 3.05) is 53.1 Å². The molecule has 2 aromatic carbocycles. The Balaban J connectivity index is 1.56. The fourth-order valence-corrected chi connectivity index (χ4v) is 5.16. The second kappa shape index (κ2) is 10.5.